The zero-order valence-electron chi connectivity index (χ0n) is 5.70. The predicted molar refractivity (Wildman–Crippen MR) is 36.1 cm³/mol. The molecule has 0 rings (SSSR count). The maximum absolute atomic E-state index is 10.7. The summed E-state index contributed by atoms with van der Waals surface area (Å²) in [7, 11) is 0. The molecule has 1 N–H and O–H groups in total. The van der Waals surface area contributed by atoms with Gasteiger partial charge in [-0.2, -0.15) is 0 Å². The lowest BCUT2D eigenvalue weighted by atomic mass is 10.1. The molecule has 0 aliphatic rings. The van der Waals surface area contributed by atoms with E-state index < -0.39 is 5.92 Å². The fourth-order valence-electron chi connectivity index (χ4n) is 0.371. The topological polar surface area (TPSA) is 54.4 Å². The van der Waals surface area contributed by atoms with E-state index in [2.05, 4.69) is 0 Å². The SMILES string of the molecule is CC([C]=O)C(=O)C=CCO. The molecule has 0 heterocycles. The lowest BCUT2D eigenvalue weighted by Gasteiger charge is -1.92. The van der Waals surface area contributed by atoms with Gasteiger partial charge in [0.1, 0.15) is 0 Å². The quantitative estimate of drug-likeness (QED) is 0.437. The molecule has 0 saturated heterocycles. The van der Waals surface area contributed by atoms with E-state index in [1.807, 2.05) is 0 Å². The average molecular weight is 141 g/mol. The van der Waals surface area contributed by atoms with Gasteiger partial charge in [0.05, 0.1) is 12.5 Å². The molecule has 3 heteroatoms. The van der Waals surface area contributed by atoms with E-state index in [-0.39, 0.29) is 12.4 Å². The Bertz CT molecular complexity index is 149. The normalized spacial score (nSPS) is 13.4. The Labute approximate surface area is 59.4 Å². The van der Waals surface area contributed by atoms with Crippen molar-refractivity contribution in [2.24, 2.45) is 5.92 Å². The largest absolute Gasteiger partial charge is 0.392 e. The molecule has 0 bridgehead atoms. The molecular formula is C7H9O3. The maximum atomic E-state index is 10.7. The molecular weight excluding hydrogens is 132 g/mol. The first-order valence-corrected chi connectivity index (χ1v) is 2.91. The van der Waals surface area contributed by atoms with Crippen LogP contribution in [0.2, 0.25) is 0 Å². The molecule has 1 atom stereocenters. The molecule has 0 spiro atoms. The van der Waals surface area contributed by atoms with E-state index in [9.17, 15) is 9.59 Å². The number of rotatable bonds is 4. The van der Waals surface area contributed by atoms with Gasteiger partial charge in [-0.25, -0.2) is 0 Å². The van der Waals surface area contributed by atoms with Crippen molar-refractivity contribution in [3.63, 3.8) is 0 Å². The van der Waals surface area contributed by atoms with E-state index in [1.165, 1.54) is 19.1 Å². The number of allylic oxidation sites excluding steroid dienone is 1. The number of carbonyl (C=O) groups is 1. The minimum absolute atomic E-state index is 0.183. The van der Waals surface area contributed by atoms with Crippen molar-refractivity contribution >= 4 is 12.1 Å². The first kappa shape index (κ1) is 9.04. The van der Waals surface area contributed by atoms with Gasteiger partial charge in [-0.3, -0.25) is 9.59 Å². The molecule has 1 radical (unpaired) electrons. The molecule has 0 aromatic rings. The molecule has 0 aromatic carbocycles. The second-order valence-corrected chi connectivity index (χ2v) is 1.83. The van der Waals surface area contributed by atoms with Crippen molar-refractivity contribution in [2.75, 3.05) is 6.61 Å². The molecule has 0 amide bonds. The van der Waals surface area contributed by atoms with Gasteiger partial charge in [-0.05, 0) is 13.0 Å². The average Bonchev–Trinajstić information content (AvgIpc) is 1.98. The van der Waals surface area contributed by atoms with Gasteiger partial charge >= 0.3 is 0 Å². The van der Waals surface area contributed by atoms with Crippen molar-refractivity contribution in [2.45, 2.75) is 6.92 Å². The second kappa shape index (κ2) is 4.88. The minimum atomic E-state index is -0.720. The van der Waals surface area contributed by atoms with Crippen LogP contribution in [-0.2, 0) is 9.59 Å². The van der Waals surface area contributed by atoms with Crippen molar-refractivity contribution in [1.82, 2.24) is 0 Å². The molecule has 0 aliphatic carbocycles. The summed E-state index contributed by atoms with van der Waals surface area (Å²) < 4.78 is 0. The van der Waals surface area contributed by atoms with Crippen LogP contribution >= 0.6 is 0 Å². The van der Waals surface area contributed by atoms with E-state index >= 15 is 0 Å². The first-order valence-electron chi connectivity index (χ1n) is 2.91. The summed E-state index contributed by atoms with van der Waals surface area (Å²) in [6.45, 7) is 1.27. The van der Waals surface area contributed by atoms with Gasteiger partial charge in [-0.1, -0.05) is 6.08 Å². The summed E-state index contributed by atoms with van der Waals surface area (Å²) in [5.41, 5.74) is 0. The van der Waals surface area contributed by atoms with Gasteiger partial charge in [0.2, 0.25) is 6.29 Å². The first-order chi connectivity index (χ1) is 4.72. The van der Waals surface area contributed by atoms with Crippen LogP contribution < -0.4 is 0 Å². The molecule has 10 heavy (non-hydrogen) atoms. The number of hydrogen-bond acceptors (Lipinski definition) is 3. The third kappa shape index (κ3) is 3.14. The lowest BCUT2D eigenvalue weighted by molar-refractivity contribution is -0.116. The van der Waals surface area contributed by atoms with Crippen LogP contribution in [0.1, 0.15) is 6.92 Å². The van der Waals surface area contributed by atoms with Gasteiger partial charge in [-0.15, -0.1) is 0 Å². The molecule has 1 unspecified atom stereocenters. The Morgan fingerprint density at radius 2 is 2.40 bits per heavy atom. The fourth-order valence-corrected chi connectivity index (χ4v) is 0.371. The molecule has 0 fully saturated rings. The molecule has 0 saturated carbocycles. The minimum Gasteiger partial charge on any atom is -0.392 e. The second-order valence-electron chi connectivity index (χ2n) is 1.83. The lowest BCUT2D eigenvalue weighted by Crippen LogP contribution is -2.08. The van der Waals surface area contributed by atoms with Crippen molar-refractivity contribution in [3.8, 4) is 0 Å². The predicted octanol–water partition coefficient (Wildman–Crippen LogP) is -0.150. The van der Waals surface area contributed by atoms with Gasteiger partial charge in [0, 0.05) is 0 Å². The number of carbonyl (C=O) groups excluding carboxylic acids is 2. The molecule has 0 aliphatic heterocycles. The van der Waals surface area contributed by atoms with Gasteiger partial charge in [0.25, 0.3) is 0 Å². The Morgan fingerprint density at radius 1 is 1.80 bits per heavy atom. The van der Waals surface area contributed by atoms with Crippen molar-refractivity contribution in [3.05, 3.63) is 12.2 Å². The smallest absolute Gasteiger partial charge is 0.209 e. The Hall–Kier alpha value is -0.960. The third-order valence-electron chi connectivity index (χ3n) is 0.991. The highest BCUT2D eigenvalue weighted by molar-refractivity contribution is 6.00. The van der Waals surface area contributed by atoms with Crippen LogP contribution in [0.3, 0.4) is 0 Å². The third-order valence-corrected chi connectivity index (χ3v) is 0.991. The summed E-state index contributed by atoms with van der Waals surface area (Å²) in [4.78, 5) is 20.5. The zero-order valence-corrected chi connectivity index (χ0v) is 5.70. The van der Waals surface area contributed by atoms with Crippen LogP contribution in [0.4, 0.5) is 0 Å². The van der Waals surface area contributed by atoms with Crippen LogP contribution in [0.15, 0.2) is 12.2 Å². The number of hydrogen-bond donors (Lipinski definition) is 1. The summed E-state index contributed by atoms with van der Waals surface area (Å²) in [6.07, 6.45) is 4.01. The van der Waals surface area contributed by atoms with Crippen LogP contribution in [0.5, 0.6) is 0 Å². The van der Waals surface area contributed by atoms with Gasteiger partial charge < -0.3 is 5.11 Å². The highest BCUT2D eigenvalue weighted by Gasteiger charge is 2.07. The van der Waals surface area contributed by atoms with Crippen LogP contribution in [0, 0.1) is 5.92 Å². The van der Waals surface area contributed by atoms with Gasteiger partial charge in [0.15, 0.2) is 5.78 Å². The molecule has 3 nitrogen and oxygen atoms in total. The van der Waals surface area contributed by atoms with E-state index in [4.69, 9.17) is 5.11 Å². The highest BCUT2D eigenvalue weighted by atomic mass is 16.2. The van der Waals surface area contributed by atoms with Crippen molar-refractivity contribution < 1.29 is 14.7 Å². The Kier molecular flexibility index (Phi) is 4.41. The summed E-state index contributed by atoms with van der Waals surface area (Å²) >= 11 is 0. The summed E-state index contributed by atoms with van der Waals surface area (Å²) in [5, 5.41) is 8.23. The van der Waals surface area contributed by atoms with E-state index in [0.717, 1.165) is 0 Å². The van der Waals surface area contributed by atoms with E-state index in [1.54, 1.807) is 6.29 Å². The molecule has 55 valence electrons. The highest BCUT2D eigenvalue weighted by Crippen LogP contribution is 1.92. The molecule has 0 aromatic heterocycles. The number of ketones is 1. The number of aliphatic hydroxyl groups is 1. The summed E-state index contributed by atoms with van der Waals surface area (Å²) in [6, 6.07) is 0. The Balaban J connectivity index is 3.84. The monoisotopic (exact) mass is 141 g/mol. The Morgan fingerprint density at radius 3 is 2.80 bits per heavy atom. The standard InChI is InChI=1S/C7H9O3/c1-6(5-9)7(10)3-2-4-8/h2-3,6,8H,4H2,1H3. The van der Waals surface area contributed by atoms with Crippen molar-refractivity contribution in [1.29, 1.82) is 0 Å². The van der Waals surface area contributed by atoms with Crippen LogP contribution in [0.25, 0.3) is 0 Å². The fraction of sp³-hybridized carbons (Fsp3) is 0.429. The zero-order chi connectivity index (χ0) is 7.98. The number of aliphatic hydroxyl groups excluding tert-OH is 1. The van der Waals surface area contributed by atoms with Crippen LogP contribution in [-0.4, -0.2) is 23.8 Å². The van der Waals surface area contributed by atoms with E-state index in [0.29, 0.717) is 0 Å². The summed E-state index contributed by atoms with van der Waals surface area (Å²) in [5.74, 6) is -1.05. The maximum Gasteiger partial charge on any atom is 0.209 e.